The molecule has 0 aliphatic carbocycles. The number of nitrogens with one attached hydrogen (secondary N) is 1. The molecule has 1 N–H and O–H groups in total. The highest BCUT2D eigenvalue weighted by molar-refractivity contribution is 5.95. The number of aromatic nitrogens is 3. The van der Waals surface area contributed by atoms with Crippen LogP contribution in [0, 0.1) is 0 Å². The maximum Gasteiger partial charge on any atom is 0.274 e. The van der Waals surface area contributed by atoms with E-state index in [0.29, 0.717) is 18.7 Å². The van der Waals surface area contributed by atoms with Gasteiger partial charge in [-0.05, 0) is 47.5 Å². The smallest absolute Gasteiger partial charge is 0.274 e. The summed E-state index contributed by atoms with van der Waals surface area (Å²) < 4.78 is 7.51. The Hall–Kier alpha value is -4.43. The number of nitrogens with zero attached hydrogens (tertiary/aromatic N) is 4. The van der Waals surface area contributed by atoms with E-state index >= 15 is 0 Å². The largest absolute Gasteiger partial charge is 0.492 e. The molecule has 8 heteroatoms. The van der Waals surface area contributed by atoms with Crippen molar-refractivity contribution in [2.45, 2.75) is 0 Å². The number of hydrogen-bond acceptors (Lipinski definition) is 5. The van der Waals surface area contributed by atoms with Gasteiger partial charge in [-0.2, -0.15) is 0 Å². The fraction of sp³-hybridized carbons (Fsp3) is 0.233. The summed E-state index contributed by atoms with van der Waals surface area (Å²) in [5.41, 5.74) is 5.37. The van der Waals surface area contributed by atoms with Gasteiger partial charge >= 0.3 is 0 Å². The first-order chi connectivity index (χ1) is 18.5. The van der Waals surface area contributed by atoms with Crippen LogP contribution in [0.15, 0.2) is 77.9 Å². The zero-order chi connectivity index (χ0) is 26.2. The number of H-pyrrole nitrogens is 1. The number of aryl methyl sites for hydroxylation is 1. The van der Waals surface area contributed by atoms with Crippen LogP contribution >= 0.6 is 0 Å². The second kappa shape index (κ2) is 9.79. The number of benzene rings is 2. The lowest BCUT2D eigenvalue weighted by Crippen LogP contribution is -2.49. The second-order valence-corrected chi connectivity index (χ2v) is 9.79. The van der Waals surface area contributed by atoms with Gasteiger partial charge in [0.25, 0.3) is 5.56 Å². The van der Waals surface area contributed by atoms with E-state index in [2.05, 4.69) is 40.2 Å². The molecule has 0 saturated carbocycles. The van der Waals surface area contributed by atoms with Crippen LogP contribution in [0.25, 0.3) is 44.2 Å². The molecule has 0 atom stereocenters. The number of carbonyl (C=O) groups excluding carboxylic acids is 1. The Morgan fingerprint density at radius 3 is 2.58 bits per heavy atom. The van der Waals surface area contributed by atoms with E-state index < -0.39 is 0 Å². The topological polar surface area (TPSA) is 83.5 Å². The van der Waals surface area contributed by atoms with Crippen molar-refractivity contribution in [1.29, 1.82) is 0 Å². The predicted molar refractivity (Wildman–Crippen MR) is 149 cm³/mol. The first kappa shape index (κ1) is 23.9. The van der Waals surface area contributed by atoms with Gasteiger partial charge in [0.05, 0.1) is 17.8 Å². The van der Waals surface area contributed by atoms with E-state index in [-0.39, 0.29) is 11.5 Å². The maximum atomic E-state index is 12.4. The Bertz CT molecular complexity index is 1700. The molecule has 0 radical (unpaired) electrons. The average Bonchev–Trinajstić information content (AvgIpc) is 3.43. The highest BCUT2D eigenvalue weighted by Crippen LogP contribution is 2.29. The first-order valence-corrected chi connectivity index (χ1v) is 12.7. The van der Waals surface area contributed by atoms with Crippen LogP contribution in [0.4, 0.5) is 0 Å². The van der Waals surface area contributed by atoms with Crippen LogP contribution in [0.2, 0.25) is 0 Å². The SMILES string of the molecule is CN1CCN(CCOc2ccc(-c3ccc4nc(-c5cn(C)c(=O)c6[nH]ccc56)ccc4c3)cc2)CC1=O. The number of fused-ring (bicyclic) bond motifs is 2. The Morgan fingerprint density at radius 2 is 1.76 bits per heavy atom. The number of aromatic amines is 1. The van der Waals surface area contributed by atoms with Gasteiger partial charge in [0.2, 0.25) is 5.91 Å². The lowest BCUT2D eigenvalue weighted by Gasteiger charge is -2.31. The van der Waals surface area contributed by atoms with E-state index in [1.54, 1.807) is 22.7 Å². The third-order valence-electron chi connectivity index (χ3n) is 7.26. The maximum absolute atomic E-state index is 12.4. The summed E-state index contributed by atoms with van der Waals surface area (Å²) in [6.07, 6.45) is 3.63. The minimum Gasteiger partial charge on any atom is -0.492 e. The van der Waals surface area contributed by atoms with Gasteiger partial charge in [0, 0.05) is 62.5 Å². The van der Waals surface area contributed by atoms with E-state index in [4.69, 9.17) is 9.72 Å². The molecule has 1 aliphatic heterocycles. The number of carbonyl (C=O) groups is 1. The Labute approximate surface area is 220 Å². The normalized spacial score (nSPS) is 14.5. The summed E-state index contributed by atoms with van der Waals surface area (Å²) in [7, 11) is 3.60. The quantitative estimate of drug-likeness (QED) is 0.377. The van der Waals surface area contributed by atoms with Gasteiger partial charge in [-0.3, -0.25) is 14.5 Å². The lowest BCUT2D eigenvalue weighted by atomic mass is 10.0. The molecule has 1 saturated heterocycles. The molecule has 0 unspecified atom stereocenters. The molecule has 192 valence electrons. The number of likely N-dealkylation sites (N-methyl/N-ethyl adjacent to an activating group) is 1. The Kier molecular flexibility index (Phi) is 6.17. The fourth-order valence-electron chi connectivity index (χ4n) is 4.96. The molecule has 0 bridgehead atoms. The molecule has 1 amide bonds. The number of ether oxygens (including phenoxy) is 1. The summed E-state index contributed by atoms with van der Waals surface area (Å²) in [5.74, 6) is 0.974. The van der Waals surface area contributed by atoms with E-state index in [1.165, 1.54) is 0 Å². The molecule has 38 heavy (non-hydrogen) atoms. The summed E-state index contributed by atoms with van der Waals surface area (Å²) in [6, 6.07) is 20.3. The lowest BCUT2D eigenvalue weighted by molar-refractivity contribution is -0.134. The summed E-state index contributed by atoms with van der Waals surface area (Å²) in [5, 5.41) is 1.92. The minimum absolute atomic E-state index is 0.0536. The molecule has 2 aromatic carbocycles. The van der Waals surface area contributed by atoms with Crippen molar-refractivity contribution in [3.63, 3.8) is 0 Å². The van der Waals surface area contributed by atoms with Crippen molar-refractivity contribution >= 4 is 27.7 Å². The van der Waals surface area contributed by atoms with Crippen LogP contribution in [0.3, 0.4) is 0 Å². The Balaban J connectivity index is 1.16. The number of amides is 1. The van der Waals surface area contributed by atoms with Crippen molar-refractivity contribution < 1.29 is 9.53 Å². The summed E-state index contributed by atoms with van der Waals surface area (Å²) >= 11 is 0. The molecule has 4 heterocycles. The van der Waals surface area contributed by atoms with E-state index in [9.17, 15) is 9.59 Å². The second-order valence-electron chi connectivity index (χ2n) is 9.79. The van der Waals surface area contributed by atoms with Crippen LogP contribution < -0.4 is 10.3 Å². The van der Waals surface area contributed by atoms with Crippen molar-refractivity contribution in [2.24, 2.45) is 7.05 Å². The van der Waals surface area contributed by atoms with Gasteiger partial charge in [-0.15, -0.1) is 0 Å². The molecular formula is C30H29N5O3. The summed E-state index contributed by atoms with van der Waals surface area (Å²) in [6.45, 7) is 3.38. The van der Waals surface area contributed by atoms with Gasteiger partial charge in [0.1, 0.15) is 17.9 Å². The van der Waals surface area contributed by atoms with Crippen LogP contribution in [-0.4, -0.2) is 70.1 Å². The Morgan fingerprint density at radius 1 is 0.947 bits per heavy atom. The number of pyridine rings is 2. The van der Waals surface area contributed by atoms with Crippen LogP contribution in [0.1, 0.15) is 0 Å². The molecular weight excluding hydrogens is 478 g/mol. The van der Waals surface area contributed by atoms with Crippen molar-refractivity contribution in [3.05, 3.63) is 83.4 Å². The first-order valence-electron chi connectivity index (χ1n) is 12.7. The summed E-state index contributed by atoms with van der Waals surface area (Å²) in [4.78, 5) is 36.1. The van der Waals surface area contributed by atoms with E-state index in [0.717, 1.165) is 64.1 Å². The average molecular weight is 508 g/mol. The van der Waals surface area contributed by atoms with Gasteiger partial charge in [0.15, 0.2) is 0 Å². The van der Waals surface area contributed by atoms with Crippen molar-refractivity contribution in [1.82, 2.24) is 24.3 Å². The predicted octanol–water partition coefficient (Wildman–Crippen LogP) is 3.90. The number of rotatable bonds is 6. The fourth-order valence-corrected chi connectivity index (χ4v) is 4.96. The molecule has 0 spiro atoms. The van der Waals surface area contributed by atoms with Crippen molar-refractivity contribution in [3.8, 4) is 28.1 Å². The zero-order valence-corrected chi connectivity index (χ0v) is 21.5. The number of piperazine rings is 1. The van der Waals surface area contributed by atoms with E-state index in [1.807, 2.05) is 43.6 Å². The zero-order valence-electron chi connectivity index (χ0n) is 21.5. The molecule has 1 aliphatic rings. The van der Waals surface area contributed by atoms with Gasteiger partial charge < -0.3 is 19.2 Å². The molecule has 8 nitrogen and oxygen atoms in total. The highest BCUT2D eigenvalue weighted by Gasteiger charge is 2.20. The van der Waals surface area contributed by atoms with Crippen molar-refractivity contribution in [2.75, 3.05) is 39.8 Å². The molecule has 5 aromatic rings. The molecule has 1 fully saturated rings. The van der Waals surface area contributed by atoms with Crippen LogP contribution in [0.5, 0.6) is 5.75 Å². The molecule has 6 rings (SSSR count). The monoisotopic (exact) mass is 507 g/mol. The third kappa shape index (κ3) is 4.54. The third-order valence-corrected chi connectivity index (χ3v) is 7.26. The molecule has 3 aromatic heterocycles. The van der Waals surface area contributed by atoms with Crippen LogP contribution in [-0.2, 0) is 11.8 Å². The van der Waals surface area contributed by atoms with Gasteiger partial charge in [-0.25, -0.2) is 4.98 Å². The highest BCUT2D eigenvalue weighted by atomic mass is 16.5. The standard InChI is InChI=1S/C30H29N5O3/c1-33-13-14-35(19-28(33)36)15-16-38-23-7-3-20(4-8-23)21-5-9-26-22(17-21)6-10-27(32-26)25-18-34(2)30(37)29-24(25)11-12-31-29/h3-12,17-18,31H,13-16,19H2,1-2H3. The minimum atomic E-state index is -0.0536. The number of hydrogen-bond donors (Lipinski definition) is 1. The van der Waals surface area contributed by atoms with Gasteiger partial charge in [-0.1, -0.05) is 24.3 Å².